The summed E-state index contributed by atoms with van der Waals surface area (Å²) in [6, 6.07) is 19.7. The molecule has 0 saturated carbocycles. The van der Waals surface area contributed by atoms with E-state index in [1.54, 1.807) is 40.7 Å². The summed E-state index contributed by atoms with van der Waals surface area (Å²) in [5, 5.41) is 20.2. The van der Waals surface area contributed by atoms with Gasteiger partial charge in [-0.1, -0.05) is 94.5 Å². The fraction of sp³-hybridized carbons (Fsp3) is 0.517. The van der Waals surface area contributed by atoms with Crippen LogP contribution in [0, 0.1) is 12.3 Å². The van der Waals surface area contributed by atoms with Crippen molar-refractivity contribution in [1.29, 1.82) is 0 Å². The lowest BCUT2D eigenvalue weighted by molar-refractivity contribution is -0.147. The molecule has 4 heterocycles. The van der Waals surface area contributed by atoms with Crippen LogP contribution in [0.3, 0.4) is 0 Å². The SMILES string of the molecule is CN[C@H](C)C(=O)N[C@@H](C(=O)N1Cc2cc(OCCCCCCCCC(=O)NCCN3C[C@H](C)Oc4ccc(C)cc4[C@@H](C)Nc4ccn5ncc(c5n4)C3=O)ccc2C[C@@H]1C(=O)N[C@H]1CCCc2ccccc21)C(C)(C)C. The molecular weight excluding hydrogens is 973 g/mol. The molecule has 0 radical (unpaired) electrons. The Morgan fingerprint density at radius 1 is 0.922 bits per heavy atom. The Kier molecular flexibility index (Phi) is 18.6. The number of ether oxygens (including phenoxy) is 2. The minimum Gasteiger partial charge on any atom is -0.494 e. The molecule has 0 spiro atoms. The van der Waals surface area contributed by atoms with Crippen LogP contribution in [0.25, 0.3) is 5.65 Å². The summed E-state index contributed by atoms with van der Waals surface area (Å²) in [6.07, 6.45) is 12.0. The second-order valence-electron chi connectivity index (χ2n) is 22.4. The smallest absolute Gasteiger partial charge is 0.259 e. The summed E-state index contributed by atoms with van der Waals surface area (Å²) >= 11 is 0. The molecule has 17 heteroatoms. The molecule has 1 aliphatic carbocycles. The maximum Gasteiger partial charge on any atom is 0.259 e. The van der Waals surface area contributed by atoms with E-state index >= 15 is 0 Å². The van der Waals surface area contributed by atoms with E-state index in [4.69, 9.17) is 14.5 Å². The topological polar surface area (TPSA) is 201 Å². The average molecular weight is 1050 g/mol. The van der Waals surface area contributed by atoms with Crippen molar-refractivity contribution in [2.45, 2.75) is 162 Å². The molecule has 2 aliphatic heterocycles. The van der Waals surface area contributed by atoms with Crippen LogP contribution in [0.15, 0.2) is 79.1 Å². The first kappa shape index (κ1) is 56.2. The van der Waals surface area contributed by atoms with Crippen molar-refractivity contribution in [2.24, 2.45) is 5.41 Å². The maximum atomic E-state index is 14.8. The number of hydrogen-bond acceptors (Lipinski definition) is 11. The van der Waals surface area contributed by atoms with Crippen molar-refractivity contribution >= 4 is 41.0 Å². The lowest BCUT2D eigenvalue weighted by Crippen LogP contribution is -2.62. The molecule has 8 rings (SSSR count). The first-order valence-corrected chi connectivity index (χ1v) is 27.8. The van der Waals surface area contributed by atoms with Gasteiger partial charge in [0.1, 0.15) is 41.1 Å². The number of amides is 5. The lowest BCUT2D eigenvalue weighted by atomic mass is 9.83. The zero-order valence-corrected chi connectivity index (χ0v) is 46.4. The minimum absolute atomic E-state index is 0.0467. The lowest BCUT2D eigenvalue weighted by Gasteiger charge is -2.41. The highest BCUT2D eigenvalue weighted by Crippen LogP contribution is 2.34. The first-order chi connectivity index (χ1) is 37.0. The molecule has 17 nitrogen and oxygen atoms in total. The number of aryl methyl sites for hydroxylation is 2. The molecule has 77 heavy (non-hydrogen) atoms. The van der Waals surface area contributed by atoms with Crippen molar-refractivity contribution < 1.29 is 33.4 Å². The van der Waals surface area contributed by atoms with Gasteiger partial charge in [0.2, 0.25) is 23.6 Å². The number of nitrogens with one attached hydrogen (secondary N) is 5. The van der Waals surface area contributed by atoms with Crippen molar-refractivity contribution in [3.8, 4) is 11.5 Å². The van der Waals surface area contributed by atoms with E-state index in [9.17, 15) is 24.0 Å². The Morgan fingerprint density at radius 2 is 1.70 bits per heavy atom. The number of carbonyl (C=O) groups excluding carboxylic acids is 5. The summed E-state index contributed by atoms with van der Waals surface area (Å²) in [5.41, 5.74) is 6.58. The molecule has 0 saturated heterocycles. The second-order valence-corrected chi connectivity index (χ2v) is 22.4. The number of rotatable bonds is 19. The number of hydrogen-bond donors (Lipinski definition) is 5. The Bertz CT molecular complexity index is 2900. The highest BCUT2D eigenvalue weighted by molar-refractivity contribution is 6.00. The fourth-order valence-corrected chi connectivity index (χ4v) is 10.7. The number of benzene rings is 3. The predicted octanol–water partition coefficient (Wildman–Crippen LogP) is 7.95. The van der Waals surface area contributed by atoms with Gasteiger partial charge in [0.25, 0.3) is 5.91 Å². The molecule has 2 aromatic heterocycles. The molecule has 3 aliphatic rings. The van der Waals surface area contributed by atoms with Crippen LogP contribution in [0.2, 0.25) is 0 Å². The Labute approximate surface area is 454 Å². The van der Waals surface area contributed by atoms with E-state index in [0.717, 1.165) is 91.4 Å². The monoisotopic (exact) mass is 1050 g/mol. The third-order valence-corrected chi connectivity index (χ3v) is 15.3. The molecular formula is C60H80N10O7. The van der Waals surface area contributed by atoms with Crippen LogP contribution in [0.4, 0.5) is 5.82 Å². The molecule has 5 N–H and O–H groups in total. The highest BCUT2D eigenvalue weighted by Gasteiger charge is 2.43. The number of nitrogens with zero attached hydrogens (tertiary/aromatic N) is 5. The van der Waals surface area contributed by atoms with Crippen molar-refractivity contribution in [1.82, 2.24) is 45.7 Å². The number of fused-ring (bicyclic) bond motifs is 4. The van der Waals surface area contributed by atoms with Gasteiger partial charge in [0, 0.05) is 44.2 Å². The zero-order valence-electron chi connectivity index (χ0n) is 46.4. The van der Waals surface area contributed by atoms with Crippen LogP contribution in [0.5, 0.6) is 11.5 Å². The van der Waals surface area contributed by atoms with Gasteiger partial charge in [-0.25, -0.2) is 9.50 Å². The van der Waals surface area contributed by atoms with Crippen LogP contribution >= 0.6 is 0 Å². The third kappa shape index (κ3) is 14.1. The summed E-state index contributed by atoms with van der Waals surface area (Å²) in [5.74, 6) is 1.01. The van der Waals surface area contributed by atoms with E-state index in [2.05, 4.69) is 56.8 Å². The van der Waals surface area contributed by atoms with Crippen LogP contribution in [-0.2, 0) is 38.6 Å². The molecule has 5 aromatic rings. The van der Waals surface area contributed by atoms with Crippen molar-refractivity contribution in [3.05, 3.63) is 118 Å². The Balaban J connectivity index is 0.796. The van der Waals surface area contributed by atoms with Gasteiger partial charge in [0.05, 0.1) is 37.5 Å². The van der Waals surface area contributed by atoms with Gasteiger partial charge in [-0.05, 0) is 119 Å². The largest absolute Gasteiger partial charge is 0.494 e. The number of anilines is 1. The normalized spacial score (nSPS) is 19.2. The van der Waals surface area contributed by atoms with Crippen LogP contribution in [-0.4, -0.2) is 111 Å². The molecule has 6 atom stereocenters. The molecule has 3 aromatic carbocycles. The molecule has 5 amide bonds. The first-order valence-electron chi connectivity index (χ1n) is 27.8. The fourth-order valence-electron chi connectivity index (χ4n) is 10.7. The van der Waals surface area contributed by atoms with E-state index in [1.165, 1.54) is 5.56 Å². The van der Waals surface area contributed by atoms with E-state index in [-0.39, 0.29) is 54.3 Å². The van der Waals surface area contributed by atoms with Gasteiger partial charge in [0.15, 0.2) is 5.65 Å². The van der Waals surface area contributed by atoms with E-state index in [0.29, 0.717) is 61.9 Å². The predicted molar refractivity (Wildman–Crippen MR) is 298 cm³/mol. The Morgan fingerprint density at radius 3 is 2.49 bits per heavy atom. The number of carbonyl (C=O) groups is 5. The standard InChI is InChI=1S/C60H80N10O7/c1-38-23-26-51-47(32-38)40(3)64-52-27-29-70-55(66-52)48(35-63-70)58(74)68(36-39(2)77-51)30-28-62-53(71)22-13-11-9-10-12-16-31-76-45-25-24-43-34-50(57(73)65-49-21-17-19-42-18-14-15-20-46(42)49)69(37-44(43)33-45)59(75)54(60(5,6)7)67-56(72)41(4)61-8/h14-15,18,20,23-27,29,32-33,35,39-41,49-50,54,61H,9-13,16-17,19,21-22,28,30-31,34,36-37H2,1-8H3,(H,62,71)(H,64,66)(H,65,73)(H,67,72)/t39-,40+,41+,49-,50+,54-/m0/s1. The summed E-state index contributed by atoms with van der Waals surface area (Å²) in [6.45, 7) is 15.2. The quantitative estimate of drug-likeness (QED) is 0.0503. The third-order valence-electron chi connectivity index (χ3n) is 15.3. The average Bonchev–Trinajstić information content (AvgIpc) is 3.83. The van der Waals surface area contributed by atoms with E-state index < -0.39 is 23.5 Å². The zero-order chi connectivity index (χ0) is 54.8. The number of aromatic nitrogens is 3. The van der Waals surface area contributed by atoms with Crippen molar-refractivity contribution in [3.63, 3.8) is 0 Å². The summed E-state index contributed by atoms with van der Waals surface area (Å²) in [7, 11) is 1.70. The molecule has 2 bridgehead atoms. The van der Waals surface area contributed by atoms with Crippen LogP contribution in [0.1, 0.15) is 155 Å². The van der Waals surface area contributed by atoms with Gasteiger partial charge < -0.3 is 45.9 Å². The van der Waals surface area contributed by atoms with Crippen molar-refractivity contribution in [2.75, 3.05) is 38.6 Å². The summed E-state index contributed by atoms with van der Waals surface area (Å²) < 4.78 is 14.3. The van der Waals surface area contributed by atoms with Crippen LogP contribution < -0.4 is 36.1 Å². The van der Waals surface area contributed by atoms with Gasteiger partial charge in [-0.3, -0.25) is 24.0 Å². The van der Waals surface area contributed by atoms with Gasteiger partial charge >= 0.3 is 0 Å². The molecule has 0 unspecified atom stereocenters. The van der Waals surface area contributed by atoms with E-state index in [1.807, 2.05) is 83.1 Å². The number of likely N-dealkylation sites (N-methyl/N-ethyl adjacent to an activating group) is 1. The summed E-state index contributed by atoms with van der Waals surface area (Å²) in [4.78, 5) is 77.6. The van der Waals surface area contributed by atoms with Gasteiger partial charge in [-0.2, -0.15) is 5.10 Å². The minimum atomic E-state index is -0.868. The maximum absolute atomic E-state index is 14.8. The number of unbranched alkanes of at least 4 members (excludes halogenated alkanes) is 5. The molecule has 0 fully saturated rings. The van der Waals surface area contributed by atoms with Gasteiger partial charge in [-0.15, -0.1) is 0 Å². The highest BCUT2D eigenvalue weighted by atomic mass is 16.5. The second kappa shape index (κ2) is 25.4. The molecule has 412 valence electrons. The Hall–Kier alpha value is -7.01.